The van der Waals surface area contributed by atoms with E-state index in [1.165, 1.54) is 13.8 Å². The van der Waals surface area contributed by atoms with E-state index < -0.39 is 17.2 Å². The molecule has 0 fully saturated rings. The zero-order chi connectivity index (χ0) is 12.6. The quantitative estimate of drug-likeness (QED) is 0.713. The van der Waals surface area contributed by atoms with Crippen molar-refractivity contribution in [1.29, 1.82) is 5.26 Å². The molecule has 0 unspecified atom stereocenters. The van der Waals surface area contributed by atoms with E-state index in [4.69, 9.17) is 16.9 Å². The molecule has 6 heteroatoms. The molecule has 0 bridgehead atoms. The largest absolute Gasteiger partial charge is 0.417 e. The number of alkyl halides is 3. The van der Waals surface area contributed by atoms with Gasteiger partial charge in [-0.15, -0.1) is 0 Å². The Balaban J connectivity index is 3.37. The second kappa shape index (κ2) is 3.95. The molecule has 0 atom stereocenters. The van der Waals surface area contributed by atoms with Crippen molar-refractivity contribution in [3.63, 3.8) is 0 Å². The standard InChI is InChI=1S/C10H8ClF3N2/c1-9(2,5-15)7-3-6(10(12,13)14)4-16-8(7)11/h3-4H,1-2H3. The number of rotatable bonds is 1. The average molecular weight is 249 g/mol. The molecule has 0 amide bonds. The van der Waals surface area contributed by atoms with Crippen LogP contribution in [0.15, 0.2) is 12.3 Å². The Bertz CT molecular complexity index is 446. The fourth-order valence-corrected chi connectivity index (χ4v) is 1.44. The maximum Gasteiger partial charge on any atom is 0.417 e. The molecule has 0 saturated heterocycles. The molecule has 0 N–H and O–H groups in total. The first-order valence-electron chi connectivity index (χ1n) is 4.33. The number of hydrogen-bond donors (Lipinski definition) is 0. The lowest BCUT2D eigenvalue weighted by Gasteiger charge is -2.18. The predicted molar refractivity (Wildman–Crippen MR) is 52.9 cm³/mol. The lowest BCUT2D eigenvalue weighted by molar-refractivity contribution is -0.137. The summed E-state index contributed by atoms with van der Waals surface area (Å²) in [5.41, 5.74) is -1.94. The molecule has 0 aliphatic carbocycles. The van der Waals surface area contributed by atoms with Crippen LogP contribution < -0.4 is 0 Å². The minimum atomic E-state index is -4.49. The van der Waals surface area contributed by atoms with Gasteiger partial charge >= 0.3 is 6.18 Å². The molecular weight excluding hydrogens is 241 g/mol. The summed E-state index contributed by atoms with van der Waals surface area (Å²) in [6.45, 7) is 2.96. The molecule has 0 aliphatic rings. The van der Waals surface area contributed by atoms with Crippen molar-refractivity contribution >= 4 is 11.6 Å². The van der Waals surface area contributed by atoms with E-state index in [1.807, 2.05) is 6.07 Å². The smallest absolute Gasteiger partial charge is 0.244 e. The molecule has 16 heavy (non-hydrogen) atoms. The second-order valence-electron chi connectivity index (χ2n) is 3.80. The highest BCUT2D eigenvalue weighted by Gasteiger charge is 2.34. The first-order chi connectivity index (χ1) is 7.18. The van der Waals surface area contributed by atoms with Gasteiger partial charge in [0.25, 0.3) is 0 Å². The lowest BCUT2D eigenvalue weighted by Crippen LogP contribution is -2.17. The van der Waals surface area contributed by atoms with E-state index in [9.17, 15) is 13.2 Å². The Morgan fingerprint density at radius 2 is 1.94 bits per heavy atom. The molecule has 0 aliphatic heterocycles. The molecule has 1 aromatic heterocycles. The highest BCUT2D eigenvalue weighted by Crippen LogP contribution is 2.34. The van der Waals surface area contributed by atoms with Gasteiger partial charge in [-0.1, -0.05) is 11.6 Å². The molecule has 1 heterocycles. The molecule has 86 valence electrons. The predicted octanol–water partition coefficient (Wildman–Crippen LogP) is 3.55. The van der Waals surface area contributed by atoms with Gasteiger partial charge in [0.1, 0.15) is 5.15 Å². The Morgan fingerprint density at radius 3 is 2.38 bits per heavy atom. The number of pyridine rings is 1. The van der Waals surface area contributed by atoms with Gasteiger partial charge in [0.05, 0.1) is 17.0 Å². The van der Waals surface area contributed by atoms with E-state index in [-0.39, 0.29) is 10.7 Å². The van der Waals surface area contributed by atoms with Crippen molar-refractivity contribution in [2.24, 2.45) is 0 Å². The summed E-state index contributed by atoms with van der Waals surface area (Å²) in [4.78, 5) is 3.45. The zero-order valence-electron chi connectivity index (χ0n) is 8.56. The molecular formula is C10H8ClF3N2. The molecule has 0 spiro atoms. The van der Waals surface area contributed by atoms with Gasteiger partial charge in [-0.3, -0.25) is 0 Å². The second-order valence-corrected chi connectivity index (χ2v) is 4.15. The number of nitrogens with zero attached hydrogens (tertiary/aromatic N) is 2. The summed E-state index contributed by atoms with van der Waals surface area (Å²) in [6, 6.07) is 2.74. The number of aromatic nitrogens is 1. The number of halogens is 4. The highest BCUT2D eigenvalue weighted by molar-refractivity contribution is 6.30. The summed E-state index contributed by atoms with van der Waals surface area (Å²) in [6.07, 6.45) is -3.84. The van der Waals surface area contributed by atoms with Crippen LogP contribution in [0.2, 0.25) is 5.15 Å². The number of nitriles is 1. The van der Waals surface area contributed by atoms with Crippen molar-refractivity contribution in [1.82, 2.24) is 4.98 Å². The maximum absolute atomic E-state index is 12.4. The number of hydrogen-bond acceptors (Lipinski definition) is 2. The molecule has 0 aromatic carbocycles. The SMILES string of the molecule is CC(C)(C#N)c1cc(C(F)(F)F)cnc1Cl. The third kappa shape index (κ3) is 2.45. The monoisotopic (exact) mass is 248 g/mol. The van der Waals surface area contributed by atoms with Crippen LogP contribution in [-0.2, 0) is 11.6 Å². The Morgan fingerprint density at radius 1 is 1.38 bits per heavy atom. The summed E-state index contributed by atoms with van der Waals surface area (Å²) >= 11 is 5.68. The fourth-order valence-electron chi connectivity index (χ4n) is 1.10. The third-order valence-electron chi connectivity index (χ3n) is 2.12. The Hall–Kier alpha value is -1.28. The van der Waals surface area contributed by atoms with Crippen LogP contribution in [0.3, 0.4) is 0 Å². The van der Waals surface area contributed by atoms with Crippen LogP contribution in [0.1, 0.15) is 25.0 Å². The van der Waals surface area contributed by atoms with Crippen LogP contribution in [0, 0.1) is 11.3 Å². The maximum atomic E-state index is 12.4. The first-order valence-corrected chi connectivity index (χ1v) is 4.71. The van der Waals surface area contributed by atoms with Crippen LogP contribution >= 0.6 is 11.6 Å². The highest BCUT2D eigenvalue weighted by atomic mass is 35.5. The van der Waals surface area contributed by atoms with Crippen molar-refractivity contribution < 1.29 is 13.2 Å². The van der Waals surface area contributed by atoms with E-state index in [0.717, 1.165) is 6.07 Å². The normalized spacial score (nSPS) is 12.3. The summed E-state index contributed by atoms with van der Waals surface area (Å²) in [5.74, 6) is 0. The van der Waals surface area contributed by atoms with Crippen molar-refractivity contribution in [3.05, 3.63) is 28.5 Å². The fraction of sp³-hybridized carbons (Fsp3) is 0.400. The van der Waals surface area contributed by atoms with Crippen molar-refractivity contribution in [2.45, 2.75) is 25.4 Å². The lowest BCUT2D eigenvalue weighted by atomic mass is 9.87. The summed E-state index contributed by atoms with van der Waals surface area (Å²) in [5, 5.41) is 8.76. The topological polar surface area (TPSA) is 36.7 Å². The van der Waals surface area contributed by atoms with Gasteiger partial charge < -0.3 is 0 Å². The average Bonchev–Trinajstić information content (AvgIpc) is 2.16. The Kier molecular flexibility index (Phi) is 3.15. The summed E-state index contributed by atoms with van der Waals surface area (Å²) < 4.78 is 37.3. The van der Waals surface area contributed by atoms with Crippen LogP contribution in [-0.4, -0.2) is 4.98 Å². The van der Waals surface area contributed by atoms with Crippen molar-refractivity contribution in [3.8, 4) is 6.07 Å². The van der Waals surface area contributed by atoms with Crippen LogP contribution in [0.25, 0.3) is 0 Å². The van der Waals surface area contributed by atoms with Crippen LogP contribution in [0.5, 0.6) is 0 Å². The Labute approximate surface area is 95.7 Å². The molecule has 1 rings (SSSR count). The van der Waals surface area contributed by atoms with Gasteiger partial charge in [-0.25, -0.2) is 4.98 Å². The van der Waals surface area contributed by atoms with Gasteiger partial charge in [0, 0.05) is 11.8 Å². The molecule has 0 saturated carbocycles. The van der Waals surface area contributed by atoms with E-state index in [0.29, 0.717) is 6.20 Å². The third-order valence-corrected chi connectivity index (χ3v) is 2.42. The van der Waals surface area contributed by atoms with Gasteiger partial charge in [0.15, 0.2) is 0 Å². The zero-order valence-corrected chi connectivity index (χ0v) is 9.32. The van der Waals surface area contributed by atoms with Crippen LogP contribution in [0.4, 0.5) is 13.2 Å². The van der Waals surface area contributed by atoms with Gasteiger partial charge in [-0.05, 0) is 19.9 Å². The first kappa shape index (κ1) is 12.8. The van der Waals surface area contributed by atoms with E-state index in [2.05, 4.69) is 4.98 Å². The molecule has 2 nitrogen and oxygen atoms in total. The minimum Gasteiger partial charge on any atom is -0.244 e. The van der Waals surface area contributed by atoms with E-state index in [1.54, 1.807) is 0 Å². The summed E-state index contributed by atoms with van der Waals surface area (Å²) in [7, 11) is 0. The van der Waals surface area contributed by atoms with E-state index >= 15 is 0 Å². The van der Waals surface area contributed by atoms with Gasteiger partial charge in [-0.2, -0.15) is 18.4 Å². The molecule has 0 radical (unpaired) electrons. The minimum absolute atomic E-state index is 0.0755. The van der Waals surface area contributed by atoms with Crippen molar-refractivity contribution in [2.75, 3.05) is 0 Å². The molecule has 1 aromatic rings. The van der Waals surface area contributed by atoms with Gasteiger partial charge in [0.2, 0.25) is 0 Å².